The number of carbonyl (C=O) groups is 1. The minimum absolute atomic E-state index is 0.00131. The van der Waals surface area contributed by atoms with E-state index in [9.17, 15) is 9.90 Å². The number of benzene rings is 1. The first-order valence-electron chi connectivity index (χ1n) is 13.8. The van der Waals surface area contributed by atoms with Crippen LogP contribution in [0.5, 0.6) is 0 Å². The highest BCUT2D eigenvalue weighted by Gasteiger charge is 2.57. The molecule has 1 aromatic carbocycles. The quantitative estimate of drug-likeness (QED) is 0.453. The number of carbonyl (C=O) groups excluding carboxylic acids is 1. The first kappa shape index (κ1) is 24.0. The van der Waals surface area contributed by atoms with Crippen LogP contribution in [0.3, 0.4) is 0 Å². The Bertz CT molecular complexity index is 1010. The van der Waals surface area contributed by atoms with Crippen LogP contribution in [0.15, 0.2) is 53.1 Å². The molecule has 0 radical (unpaired) electrons. The van der Waals surface area contributed by atoms with Gasteiger partial charge in [-0.2, -0.15) is 0 Å². The maximum atomic E-state index is 12.7. The van der Waals surface area contributed by atoms with Crippen LogP contribution >= 0.6 is 0 Å². The van der Waals surface area contributed by atoms with Gasteiger partial charge in [0.2, 0.25) is 0 Å². The van der Waals surface area contributed by atoms with E-state index in [-0.39, 0.29) is 28.1 Å². The summed E-state index contributed by atoms with van der Waals surface area (Å²) in [6.07, 6.45) is 12.1. The molecular formula is C32H44O2. The topological polar surface area (TPSA) is 37.3 Å². The highest BCUT2D eigenvalue weighted by molar-refractivity contribution is 5.95. The summed E-state index contributed by atoms with van der Waals surface area (Å²) in [5, 5.41) is 10.8. The van der Waals surface area contributed by atoms with Gasteiger partial charge in [0.1, 0.15) is 0 Å². The standard InChI is InChI=1S/C32H44O2/c1-21(11-15-27(33)22-9-7-6-8-10-22)24-13-14-25-23-12-16-28-30(2,3)29(34)18-20-32(28,5)26(23)17-19-31(24,25)4/h6-10,14,21,24,28-29,34H,11-13,15-20H2,1-5H3/t21-,24-,28+,29+,31-,32-/m1/s1. The minimum Gasteiger partial charge on any atom is -0.393 e. The molecule has 6 atom stereocenters. The van der Waals surface area contributed by atoms with Crippen LogP contribution in [-0.4, -0.2) is 17.0 Å². The van der Waals surface area contributed by atoms with Crippen LogP contribution in [0.1, 0.15) is 103 Å². The first-order chi connectivity index (χ1) is 16.1. The molecule has 184 valence electrons. The third-order valence-electron chi connectivity index (χ3n) is 11.0. The third-order valence-corrected chi connectivity index (χ3v) is 11.0. The Labute approximate surface area is 206 Å². The zero-order chi connectivity index (χ0) is 24.3. The second-order valence-corrected chi connectivity index (χ2v) is 13.0. The van der Waals surface area contributed by atoms with Crippen molar-refractivity contribution in [2.75, 3.05) is 0 Å². The molecule has 0 unspecified atom stereocenters. The molecular weight excluding hydrogens is 416 g/mol. The van der Waals surface area contributed by atoms with Gasteiger partial charge in [-0.1, -0.05) is 76.6 Å². The molecule has 4 aliphatic rings. The van der Waals surface area contributed by atoms with Crippen LogP contribution in [0.2, 0.25) is 0 Å². The van der Waals surface area contributed by atoms with Gasteiger partial charge < -0.3 is 5.11 Å². The number of hydrogen-bond acceptors (Lipinski definition) is 2. The summed E-state index contributed by atoms with van der Waals surface area (Å²) in [7, 11) is 0. The number of hydrogen-bond donors (Lipinski definition) is 1. The van der Waals surface area contributed by atoms with E-state index >= 15 is 0 Å². The second-order valence-electron chi connectivity index (χ2n) is 13.0. The average molecular weight is 461 g/mol. The van der Waals surface area contributed by atoms with Gasteiger partial charge in [-0.25, -0.2) is 0 Å². The molecule has 0 bridgehead atoms. The Balaban J connectivity index is 1.34. The number of allylic oxidation sites excluding steroid dienone is 4. The van der Waals surface area contributed by atoms with Crippen molar-refractivity contribution in [2.45, 2.75) is 98.5 Å². The van der Waals surface area contributed by atoms with E-state index in [0.29, 0.717) is 24.2 Å². The molecule has 0 aliphatic heterocycles. The Morgan fingerprint density at radius 3 is 2.50 bits per heavy atom. The molecule has 5 rings (SSSR count). The van der Waals surface area contributed by atoms with Crippen LogP contribution in [-0.2, 0) is 0 Å². The minimum atomic E-state index is -0.170. The van der Waals surface area contributed by atoms with Crippen molar-refractivity contribution in [1.29, 1.82) is 0 Å². The Hall–Kier alpha value is -1.67. The fraction of sp³-hybridized carbons (Fsp3) is 0.656. The molecule has 0 heterocycles. The molecule has 2 nitrogen and oxygen atoms in total. The molecule has 0 aromatic heterocycles. The summed E-state index contributed by atoms with van der Waals surface area (Å²) in [5.74, 6) is 2.04. The summed E-state index contributed by atoms with van der Waals surface area (Å²) < 4.78 is 0. The van der Waals surface area contributed by atoms with Gasteiger partial charge in [-0.05, 0) is 96.5 Å². The van der Waals surface area contributed by atoms with Crippen molar-refractivity contribution in [3.8, 4) is 0 Å². The van der Waals surface area contributed by atoms with E-state index in [1.54, 1.807) is 16.7 Å². The summed E-state index contributed by atoms with van der Waals surface area (Å²) >= 11 is 0. The highest BCUT2D eigenvalue weighted by atomic mass is 16.3. The van der Waals surface area contributed by atoms with Crippen molar-refractivity contribution in [2.24, 2.45) is 34.0 Å². The molecule has 0 spiro atoms. The van der Waals surface area contributed by atoms with E-state index in [1.165, 1.54) is 25.7 Å². The van der Waals surface area contributed by atoms with Gasteiger partial charge >= 0.3 is 0 Å². The predicted octanol–water partition coefficient (Wildman–Crippen LogP) is 7.93. The Morgan fingerprint density at radius 2 is 1.76 bits per heavy atom. The lowest BCUT2D eigenvalue weighted by Crippen LogP contribution is -2.53. The Kier molecular flexibility index (Phi) is 5.99. The van der Waals surface area contributed by atoms with Gasteiger partial charge in [-0.15, -0.1) is 0 Å². The lowest BCUT2D eigenvalue weighted by atomic mass is 9.46. The van der Waals surface area contributed by atoms with E-state index in [0.717, 1.165) is 31.2 Å². The van der Waals surface area contributed by atoms with Crippen molar-refractivity contribution >= 4 is 5.78 Å². The molecule has 1 saturated carbocycles. The maximum Gasteiger partial charge on any atom is 0.162 e. The molecule has 34 heavy (non-hydrogen) atoms. The van der Waals surface area contributed by atoms with Crippen molar-refractivity contribution in [3.05, 3.63) is 58.7 Å². The fourth-order valence-corrected chi connectivity index (χ4v) is 8.90. The summed E-state index contributed by atoms with van der Waals surface area (Å²) in [6.45, 7) is 12.0. The van der Waals surface area contributed by atoms with Gasteiger partial charge in [-0.3, -0.25) is 4.79 Å². The number of aliphatic hydroxyl groups is 1. The van der Waals surface area contributed by atoms with Crippen LogP contribution < -0.4 is 0 Å². The molecule has 1 N–H and O–H groups in total. The van der Waals surface area contributed by atoms with Gasteiger partial charge in [0, 0.05) is 12.0 Å². The van der Waals surface area contributed by atoms with E-state index in [2.05, 4.69) is 40.7 Å². The van der Waals surface area contributed by atoms with Crippen LogP contribution in [0.25, 0.3) is 0 Å². The average Bonchev–Trinajstić information content (AvgIpc) is 3.18. The van der Waals surface area contributed by atoms with Gasteiger partial charge in [0.15, 0.2) is 5.78 Å². The highest BCUT2D eigenvalue weighted by Crippen LogP contribution is 2.66. The molecule has 0 saturated heterocycles. The largest absolute Gasteiger partial charge is 0.393 e. The zero-order valence-electron chi connectivity index (χ0n) is 22.0. The molecule has 1 fully saturated rings. The summed E-state index contributed by atoms with van der Waals surface area (Å²) in [6, 6.07) is 9.79. The lowest BCUT2D eigenvalue weighted by molar-refractivity contribution is -0.0905. The van der Waals surface area contributed by atoms with Crippen LogP contribution in [0, 0.1) is 34.0 Å². The molecule has 0 amide bonds. The number of fused-ring (bicyclic) bond motifs is 4. The zero-order valence-corrected chi connectivity index (χ0v) is 22.0. The van der Waals surface area contributed by atoms with Gasteiger partial charge in [0.25, 0.3) is 0 Å². The van der Waals surface area contributed by atoms with Crippen LogP contribution in [0.4, 0.5) is 0 Å². The van der Waals surface area contributed by atoms with E-state index < -0.39 is 0 Å². The van der Waals surface area contributed by atoms with Crippen molar-refractivity contribution in [3.63, 3.8) is 0 Å². The summed E-state index contributed by atoms with van der Waals surface area (Å²) in [5.41, 5.74) is 6.42. The molecule has 2 heteroatoms. The lowest BCUT2D eigenvalue weighted by Gasteiger charge is -2.59. The van der Waals surface area contributed by atoms with Crippen molar-refractivity contribution < 1.29 is 9.90 Å². The van der Waals surface area contributed by atoms with E-state index in [1.807, 2.05) is 30.3 Å². The van der Waals surface area contributed by atoms with E-state index in [4.69, 9.17) is 0 Å². The number of ketones is 1. The van der Waals surface area contributed by atoms with Crippen molar-refractivity contribution in [1.82, 2.24) is 0 Å². The maximum absolute atomic E-state index is 12.7. The van der Waals surface area contributed by atoms with Gasteiger partial charge in [0.05, 0.1) is 6.10 Å². The third kappa shape index (κ3) is 3.58. The molecule has 1 aromatic rings. The second kappa shape index (κ2) is 8.47. The normalized spacial score (nSPS) is 37.4. The number of Topliss-reactive ketones (excluding diaryl/α,β-unsaturated/α-hetero) is 1. The monoisotopic (exact) mass is 460 g/mol. The fourth-order valence-electron chi connectivity index (χ4n) is 8.90. The first-order valence-corrected chi connectivity index (χ1v) is 13.8. The number of rotatable bonds is 5. The number of aliphatic hydroxyl groups excluding tert-OH is 1. The Morgan fingerprint density at radius 1 is 1.03 bits per heavy atom. The SMILES string of the molecule is C[C@H](CCC(=O)c1ccccc1)[C@H]1CC=C2C3=C(CC[C@@]21C)[C@@]1(C)CC[C@H](O)C(C)(C)[C@@H]1CC3. The predicted molar refractivity (Wildman–Crippen MR) is 140 cm³/mol. The molecule has 4 aliphatic carbocycles. The summed E-state index contributed by atoms with van der Waals surface area (Å²) in [4.78, 5) is 12.7. The smallest absolute Gasteiger partial charge is 0.162 e.